The lowest BCUT2D eigenvalue weighted by Gasteiger charge is -2.34. The van der Waals surface area contributed by atoms with Gasteiger partial charge in [-0.05, 0) is 249 Å². The van der Waals surface area contributed by atoms with Gasteiger partial charge < -0.3 is 0 Å². The van der Waals surface area contributed by atoms with Gasteiger partial charge in [-0.1, -0.05) is 350 Å². The molecule has 118 heavy (non-hydrogen) atoms. The minimum atomic E-state index is -0.513. The van der Waals surface area contributed by atoms with E-state index in [1.807, 2.05) is 137 Å². The number of rotatable bonds is 5. The van der Waals surface area contributed by atoms with Crippen molar-refractivity contribution in [2.24, 2.45) is 0 Å². The van der Waals surface area contributed by atoms with E-state index in [2.05, 4.69) is 170 Å². The van der Waals surface area contributed by atoms with E-state index in [9.17, 15) is 35.1 Å². The molecule has 0 spiro atoms. The number of aryl methyl sites for hydroxylation is 10. The summed E-state index contributed by atoms with van der Waals surface area (Å²) in [5.41, 5.74) is 28.3. The summed E-state index contributed by atoms with van der Waals surface area (Å²) in [6.45, 7) is 24.4. The van der Waals surface area contributed by atoms with Crippen LogP contribution in [-0.2, 0) is 10.8 Å². The van der Waals surface area contributed by atoms with Gasteiger partial charge in [0.25, 0.3) is 0 Å². The molecule has 8 heteroatoms. The monoisotopic (exact) mass is 1570 g/mol. The molecule has 18 rings (SSSR count). The first-order chi connectivity index (χ1) is 56.7. The van der Waals surface area contributed by atoms with Crippen LogP contribution in [0.15, 0.2) is 376 Å². The van der Waals surface area contributed by atoms with E-state index in [1.165, 1.54) is 121 Å². The fourth-order valence-electron chi connectivity index (χ4n) is 14.0. The zero-order chi connectivity index (χ0) is 84.5. The average Bonchev–Trinajstić information content (AvgIpc) is 1.53. The molecule has 0 aliphatic heterocycles. The molecule has 0 fully saturated rings. The van der Waals surface area contributed by atoms with Crippen molar-refractivity contribution in [1.82, 2.24) is 0 Å². The summed E-state index contributed by atoms with van der Waals surface area (Å²) in [5.74, 6) is -1.37. The van der Waals surface area contributed by atoms with Crippen LogP contribution in [0.4, 0.5) is 35.1 Å². The van der Waals surface area contributed by atoms with E-state index < -0.39 is 5.41 Å². The van der Waals surface area contributed by atoms with Crippen LogP contribution in [0, 0.1) is 116 Å². The second-order valence-corrected chi connectivity index (χ2v) is 30.2. The van der Waals surface area contributed by atoms with E-state index in [-0.39, 0.29) is 52.0 Å². The molecular formula is C110H98F8. The van der Waals surface area contributed by atoms with Gasteiger partial charge in [0, 0.05) is 11.0 Å². The maximum Gasteiger partial charge on any atom is 0.131 e. The van der Waals surface area contributed by atoms with Crippen molar-refractivity contribution in [1.29, 1.82) is 0 Å². The number of hydrogen-bond acceptors (Lipinski definition) is 0. The van der Waals surface area contributed by atoms with Gasteiger partial charge in [-0.3, -0.25) is 0 Å². The molecule has 0 bridgehead atoms. The lowest BCUT2D eigenvalue weighted by Crippen LogP contribution is -2.28. The first-order valence-electron chi connectivity index (χ1n) is 39.3. The molecule has 0 N–H and O–H groups in total. The van der Waals surface area contributed by atoms with Crippen LogP contribution in [0.5, 0.6) is 0 Å². The Balaban J connectivity index is 0.000000145. The van der Waals surface area contributed by atoms with E-state index in [4.69, 9.17) is 0 Å². The smallest absolute Gasteiger partial charge is 0.131 e. The lowest BCUT2D eigenvalue weighted by atomic mass is 9.67. The van der Waals surface area contributed by atoms with Gasteiger partial charge in [-0.2, -0.15) is 0 Å². The molecule has 0 atom stereocenters. The Bertz CT molecular complexity index is 5560. The summed E-state index contributed by atoms with van der Waals surface area (Å²) in [6.07, 6.45) is 0. The van der Waals surface area contributed by atoms with Crippen LogP contribution in [-0.4, -0.2) is 0 Å². The largest absolute Gasteiger partial charge is 0.207 e. The quantitative estimate of drug-likeness (QED) is 0.151. The van der Waals surface area contributed by atoms with Crippen LogP contribution in [0.1, 0.15) is 103 Å². The predicted octanol–water partition coefficient (Wildman–Crippen LogP) is 31.0. The number of halogens is 8. The highest BCUT2D eigenvalue weighted by atomic mass is 19.2. The Hall–Kier alpha value is -13.0. The van der Waals surface area contributed by atoms with E-state index in [0.717, 1.165) is 66.8 Å². The zero-order valence-corrected chi connectivity index (χ0v) is 68.8. The fourth-order valence-corrected chi connectivity index (χ4v) is 14.0. The molecule has 0 unspecified atom stereocenters. The summed E-state index contributed by atoms with van der Waals surface area (Å²) in [5, 5.41) is 0. The molecule has 0 saturated heterocycles. The first kappa shape index (κ1) is 87.3. The molecule has 0 heterocycles. The van der Waals surface area contributed by atoms with E-state index in [0.29, 0.717) is 11.1 Å². The third kappa shape index (κ3) is 23.6. The number of hydrogen-bond donors (Lipinski definition) is 0. The lowest BCUT2D eigenvalue weighted by molar-refractivity contribution is 0.609. The van der Waals surface area contributed by atoms with Crippen molar-refractivity contribution < 1.29 is 35.1 Å². The third-order valence-electron chi connectivity index (χ3n) is 20.4. The molecule has 594 valence electrons. The van der Waals surface area contributed by atoms with Gasteiger partial charge in [-0.25, -0.2) is 35.1 Å². The normalized spacial score (nSPS) is 11.5. The molecule has 0 aromatic heterocycles. The molecule has 16 aromatic rings. The second-order valence-electron chi connectivity index (χ2n) is 30.2. The minimum absolute atomic E-state index is 0.0984. The summed E-state index contributed by atoms with van der Waals surface area (Å²) in [6, 6.07) is 116. The second kappa shape index (κ2) is 41.5. The van der Waals surface area contributed by atoms with Crippen LogP contribution in [0.25, 0.3) is 55.6 Å². The molecular weight excluding hydrogens is 1470 g/mol. The molecule has 0 nitrogen and oxygen atoms in total. The van der Waals surface area contributed by atoms with Crippen molar-refractivity contribution in [2.75, 3.05) is 0 Å². The molecule has 0 saturated carbocycles. The van der Waals surface area contributed by atoms with Crippen molar-refractivity contribution in [3.05, 3.63) is 512 Å². The van der Waals surface area contributed by atoms with Crippen LogP contribution in [0.3, 0.4) is 0 Å². The SMILES string of the molecule is Cc1ccc(-c2ccc(F)cc2)cc1.Cc1ccc(-c2cccc(F)c2)cc1.Cc1ccc(-c2ccccc2F)cc1.Cc1ccc(C)cc1.Cc1ccc(F)cc1.Cc1ccc2c(c1)C(C)(C)c1cc(F)ccc1-2.Cc1ccc2c(c1)C(c1ccccc1)(c1ccccc1)c1cc(F)ccc1-2.Cc1cccc(F)c1.Cc1ccccc1F. The van der Waals surface area contributed by atoms with Crippen LogP contribution >= 0.6 is 0 Å². The highest BCUT2D eigenvalue weighted by molar-refractivity contribution is 5.87. The number of benzene rings is 16. The number of fused-ring (bicyclic) bond motifs is 6. The molecule has 2 aliphatic carbocycles. The zero-order valence-electron chi connectivity index (χ0n) is 68.8. The Morgan fingerprint density at radius 3 is 0.881 bits per heavy atom. The summed E-state index contributed by atoms with van der Waals surface area (Å²) in [7, 11) is 0. The Kier molecular flexibility index (Phi) is 30.7. The summed E-state index contributed by atoms with van der Waals surface area (Å²) < 4.78 is 103. The average molecular weight is 1570 g/mol. The molecule has 2 aliphatic rings. The van der Waals surface area contributed by atoms with Gasteiger partial charge in [0.2, 0.25) is 0 Å². The van der Waals surface area contributed by atoms with Crippen molar-refractivity contribution >= 4 is 0 Å². The van der Waals surface area contributed by atoms with E-state index in [1.54, 1.807) is 97.9 Å². The standard InChI is InChI=1S/C26H19F.C16H15F.3C13H11F.C8H10.3C7H7F/c1-18-12-14-22-23-15-13-21(27)17-25(23)26(24(22)16-18,19-8-4-2-5-9-19)20-10-6-3-7-11-20;1-10-4-6-12-13-7-5-11(17)9-15(13)16(2,3)14(12)8-10;1-10-2-4-11(5-3-10)12-6-8-13(14)9-7-12;1-10-5-7-11(8-6-10)12-3-2-4-13(14)9-12;1-10-6-8-11(9-7-10)12-4-2-3-5-13(12)14;1-7-3-5-8(2)6-4-7;1-6-2-4-7(8)5-3-6;1-6-3-2-4-7(8)5-6;1-6-4-2-3-5-7(6)8/h2-17H,1H3;4-9H,1-3H3;3*2-9H,1H3;3-6H,1-2H3;3*2-5H,1H3. The highest BCUT2D eigenvalue weighted by Gasteiger charge is 2.46. The van der Waals surface area contributed by atoms with Crippen molar-refractivity contribution in [3.8, 4) is 55.6 Å². The maximum atomic E-state index is 14.4. The van der Waals surface area contributed by atoms with Crippen LogP contribution in [0.2, 0.25) is 0 Å². The first-order valence-corrected chi connectivity index (χ1v) is 39.3. The van der Waals surface area contributed by atoms with Gasteiger partial charge in [0.15, 0.2) is 0 Å². The van der Waals surface area contributed by atoms with Gasteiger partial charge >= 0.3 is 0 Å². The topological polar surface area (TPSA) is 0 Å². The maximum absolute atomic E-state index is 14.4. The van der Waals surface area contributed by atoms with E-state index >= 15 is 0 Å². The van der Waals surface area contributed by atoms with Gasteiger partial charge in [0.1, 0.15) is 46.5 Å². The Labute approximate surface area is 692 Å². The summed E-state index contributed by atoms with van der Waals surface area (Å²) >= 11 is 0. The van der Waals surface area contributed by atoms with Crippen molar-refractivity contribution in [3.63, 3.8) is 0 Å². The predicted molar refractivity (Wildman–Crippen MR) is 476 cm³/mol. The Morgan fingerprint density at radius 1 is 0.178 bits per heavy atom. The molecule has 16 aromatic carbocycles. The van der Waals surface area contributed by atoms with Gasteiger partial charge in [-0.15, -0.1) is 0 Å². The Morgan fingerprint density at radius 2 is 0.475 bits per heavy atom. The third-order valence-corrected chi connectivity index (χ3v) is 20.4. The highest BCUT2D eigenvalue weighted by Crippen LogP contribution is 2.56. The van der Waals surface area contributed by atoms with Crippen molar-refractivity contribution in [2.45, 2.75) is 93.9 Å². The van der Waals surface area contributed by atoms with Crippen LogP contribution < -0.4 is 0 Å². The molecule has 0 radical (unpaired) electrons. The fraction of sp³-hybridized carbons (Fsp3) is 0.127. The molecule has 0 amide bonds. The minimum Gasteiger partial charge on any atom is -0.207 e. The summed E-state index contributed by atoms with van der Waals surface area (Å²) in [4.78, 5) is 0. The van der Waals surface area contributed by atoms with Gasteiger partial charge in [0.05, 0.1) is 5.41 Å².